The van der Waals surface area contributed by atoms with Gasteiger partial charge in [0.25, 0.3) is 5.91 Å². The maximum absolute atomic E-state index is 13.2. The Balaban J connectivity index is 1.89. The van der Waals surface area contributed by atoms with Gasteiger partial charge in [0.05, 0.1) is 16.8 Å². The summed E-state index contributed by atoms with van der Waals surface area (Å²) in [4.78, 5) is 18.1. The molecule has 0 atom stereocenters. The second-order valence-corrected chi connectivity index (χ2v) is 6.61. The van der Waals surface area contributed by atoms with E-state index in [1.54, 1.807) is 0 Å². The summed E-state index contributed by atoms with van der Waals surface area (Å²) >= 11 is 0. The molecule has 0 bridgehead atoms. The summed E-state index contributed by atoms with van der Waals surface area (Å²) < 4.78 is 0. The fourth-order valence-electron chi connectivity index (χ4n) is 3.37. The van der Waals surface area contributed by atoms with E-state index in [4.69, 9.17) is 4.98 Å². The molecule has 0 saturated carbocycles. The lowest BCUT2D eigenvalue weighted by Crippen LogP contribution is -2.16. The summed E-state index contributed by atoms with van der Waals surface area (Å²) in [5.41, 5.74) is 6.06. The van der Waals surface area contributed by atoms with E-state index in [1.807, 2.05) is 92.7 Å². The Labute approximate surface area is 158 Å². The number of pyridine rings is 1. The smallest absolute Gasteiger partial charge is 0.256 e. The van der Waals surface area contributed by atoms with Gasteiger partial charge in [-0.3, -0.25) is 4.79 Å². The first-order valence-electron chi connectivity index (χ1n) is 8.97. The molecule has 1 N–H and O–H groups in total. The highest BCUT2D eigenvalue weighted by Crippen LogP contribution is 2.30. The Morgan fingerprint density at radius 3 is 2.26 bits per heavy atom. The van der Waals surface area contributed by atoms with Crippen LogP contribution >= 0.6 is 0 Å². The molecule has 0 fully saturated rings. The lowest BCUT2D eigenvalue weighted by Gasteiger charge is -2.15. The van der Waals surface area contributed by atoms with Crippen molar-refractivity contribution in [2.75, 3.05) is 5.32 Å². The van der Waals surface area contributed by atoms with Crippen LogP contribution in [-0.2, 0) is 0 Å². The Hall–Kier alpha value is -3.46. The third-order valence-electron chi connectivity index (χ3n) is 4.80. The predicted octanol–water partition coefficient (Wildman–Crippen LogP) is 5.77. The molecule has 0 spiro atoms. The molecular formula is C24H20N2O. The first kappa shape index (κ1) is 17.0. The van der Waals surface area contributed by atoms with Crippen molar-refractivity contribution in [1.82, 2.24) is 4.98 Å². The van der Waals surface area contributed by atoms with Crippen molar-refractivity contribution in [3.63, 3.8) is 0 Å². The standard InChI is InChI=1S/C24H20N2O/c1-16-10-6-8-14-20(16)26-24(27)22-17(2)23(18-11-4-3-5-12-18)25-21-15-9-7-13-19(21)22/h3-15H,1-2H3,(H,26,27). The Kier molecular flexibility index (Phi) is 4.43. The Morgan fingerprint density at radius 1 is 0.815 bits per heavy atom. The molecule has 4 rings (SSSR count). The third kappa shape index (κ3) is 3.20. The minimum atomic E-state index is -0.113. The summed E-state index contributed by atoms with van der Waals surface area (Å²) in [5, 5.41) is 3.93. The normalized spacial score (nSPS) is 10.7. The molecule has 0 radical (unpaired) electrons. The van der Waals surface area contributed by atoms with Gasteiger partial charge in [-0.25, -0.2) is 4.98 Å². The fraction of sp³-hybridized carbons (Fsp3) is 0.0833. The summed E-state index contributed by atoms with van der Waals surface area (Å²) in [5.74, 6) is -0.113. The number of nitrogens with one attached hydrogen (secondary N) is 1. The second-order valence-electron chi connectivity index (χ2n) is 6.61. The highest BCUT2D eigenvalue weighted by molar-refractivity contribution is 6.14. The van der Waals surface area contributed by atoms with Gasteiger partial charge >= 0.3 is 0 Å². The first-order valence-corrected chi connectivity index (χ1v) is 8.97. The van der Waals surface area contributed by atoms with Crippen molar-refractivity contribution >= 4 is 22.5 Å². The van der Waals surface area contributed by atoms with Gasteiger partial charge < -0.3 is 5.32 Å². The molecule has 0 aliphatic carbocycles. The van der Waals surface area contributed by atoms with Crippen molar-refractivity contribution in [1.29, 1.82) is 0 Å². The number of rotatable bonds is 3. The number of carbonyl (C=O) groups is 1. The van der Waals surface area contributed by atoms with Crippen LogP contribution in [0.3, 0.4) is 0 Å². The van der Waals surface area contributed by atoms with Gasteiger partial charge in [0.15, 0.2) is 0 Å². The van der Waals surface area contributed by atoms with Crippen LogP contribution in [0.2, 0.25) is 0 Å². The molecule has 3 aromatic carbocycles. The van der Waals surface area contributed by atoms with Crippen LogP contribution in [-0.4, -0.2) is 10.9 Å². The number of aromatic nitrogens is 1. The van der Waals surface area contributed by atoms with Crippen LogP contribution in [0, 0.1) is 13.8 Å². The molecule has 1 amide bonds. The van der Waals surface area contributed by atoms with Crippen LogP contribution in [0.25, 0.3) is 22.2 Å². The quantitative estimate of drug-likeness (QED) is 0.508. The molecule has 0 aliphatic heterocycles. The lowest BCUT2D eigenvalue weighted by atomic mass is 9.97. The fourth-order valence-corrected chi connectivity index (χ4v) is 3.37. The molecule has 3 heteroatoms. The van der Waals surface area contributed by atoms with Crippen LogP contribution in [0.1, 0.15) is 21.5 Å². The van der Waals surface area contributed by atoms with Crippen LogP contribution in [0.5, 0.6) is 0 Å². The molecule has 0 saturated heterocycles. The van der Waals surface area contributed by atoms with Gasteiger partial charge in [0.2, 0.25) is 0 Å². The van der Waals surface area contributed by atoms with E-state index in [1.165, 1.54) is 0 Å². The van der Waals surface area contributed by atoms with Crippen molar-refractivity contribution in [2.24, 2.45) is 0 Å². The van der Waals surface area contributed by atoms with Crippen molar-refractivity contribution in [3.8, 4) is 11.3 Å². The van der Waals surface area contributed by atoms with Crippen LogP contribution < -0.4 is 5.32 Å². The number of anilines is 1. The molecule has 0 aliphatic rings. The van der Waals surface area contributed by atoms with E-state index in [-0.39, 0.29) is 5.91 Å². The van der Waals surface area contributed by atoms with Gasteiger partial charge in [-0.05, 0) is 37.1 Å². The lowest BCUT2D eigenvalue weighted by molar-refractivity contribution is 0.102. The minimum absolute atomic E-state index is 0.113. The molecular weight excluding hydrogens is 332 g/mol. The van der Waals surface area contributed by atoms with E-state index in [0.29, 0.717) is 5.56 Å². The van der Waals surface area contributed by atoms with E-state index in [0.717, 1.165) is 39.0 Å². The average Bonchev–Trinajstić information content (AvgIpc) is 2.70. The molecule has 0 unspecified atom stereocenters. The molecule has 3 nitrogen and oxygen atoms in total. The van der Waals surface area contributed by atoms with E-state index in [9.17, 15) is 4.79 Å². The maximum Gasteiger partial charge on any atom is 0.256 e. The number of fused-ring (bicyclic) bond motifs is 1. The molecule has 1 aromatic heterocycles. The number of hydrogen-bond donors (Lipinski definition) is 1. The molecule has 4 aromatic rings. The number of amides is 1. The summed E-state index contributed by atoms with van der Waals surface area (Å²) in [6, 6.07) is 25.6. The third-order valence-corrected chi connectivity index (χ3v) is 4.80. The summed E-state index contributed by atoms with van der Waals surface area (Å²) in [6.45, 7) is 3.96. The zero-order chi connectivity index (χ0) is 18.8. The van der Waals surface area contributed by atoms with Crippen molar-refractivity contribution < 1.29 is 4.79 Å². The second kappa shape index (κ2) is 7.04. The van der Waals surface area contributed by atoms with Gasteiger partial charge in [0, 0.05) is 16.6 Å². The van der Waals surface area contributed by atoms with Crippen molar-refractivity contribution in [2.45, 2.75) is 13.8 Å². The highest BCUT2D eigenvalue weighted by Gasteiger charge is 2.19. The van der Waals surface area contributed by atoms with E-state index >= 15 is 0 Å². The summed E-state index contributed by atoms with van der Waals surface area (Å²) in [6.07, 6.45) is 0. The van der Waals surface area contributed by atoms with Gasteiger partial charge in [-0.1, -0.05) is 66.7 Å². The Morgan fingerprint density at radius 2 is 1.48 bits per heavy atom. The molecule has 27 heavy (non-hydrogen) atoms. The number of aryl methyl sites for hydroxylation is 1. The first-order chi connectivity index (χ1) is 13.1. The zero-order valence-corrected chi connectivity index (χ0v) is 15.4. The molecule has 1 heterocycles. The van der Waals surface area contributed by atoms with Crippen LogP contribution in [0.15, 0.2) is 78.9 Å². The monoisotopic (exact) mass is 352 g/mol. The SMILES string of the molecule is Cc1ccccc1NC(=O)c1c(C)c(-c2ccccc2)nc2ccccc12. The number of benzene rings is 3. The molecule has 132 valence electrons. The van der Waals surface area contributed by atoms with Gasteiger partial charge in [-0.2, -0.15) is 0 Å². The van der Waals surface area contributed by atoms with Gasteiger partial charge in [0.1, 0.15) is 0 Å². The average molecular weight is 352 g/mol. The van der Waals surface area contributed by atoms with E-state index in [2.05, 4.69) is 5.32 Å². The van der Waals surface area contributed by atoms with Crippen molar-refractivity contribution in [3.05, 3.63) is 95.6 Å². The summed E-state index contributed by atoms with van der Waals surface area (Å²) in [7, 11) is 0. The van der Waals surface area contributed by atoms with Gasteiger partial charge in [-0.15, -0.1) is 0 Å². The largest absolute Gasteiger partial charge is 0.322 e. The van der Waals surface area contributed by atoms with Crippen LogP contribution in [0.4, 0.5) is 5.69 Å². The number of carbonyl (C=O) groups excluding carboxylic acids is 1. The Bertz CT molecular complexity index is 1130. The van der Waals surface area contributed by atoms with E-state index < -0.39 is 0 Å². The minimum Gasteiger partial charge on any atom is -0.322 e. The number of hydrogen-bond acceptors (Lipinski definition) is 2. The highest BCUT2D eigenvalue weighted by atomic mass is 16.1. The maximum atomic E-state index is 13.2. The predicted molar refractivity (Wildman–Crippen MR) is 111 cm³/mol. The number of nitrogens with zero attached hydrogens (tertiary/aromatic N) is 1. The topological polar surface area (TPSA) is 42.0 Å². The zero-order valence-electron chi connectivity index (χ0n) is 15.4. The number of para-hydroxylation sites is 2.